The van der Waals surface area contributed by atoms with Crippen molar-refractivity contribution >= 4 is 17.6 Å². The highest BCUT2D eigenvalue weighted by molar-refractivity contribution is 6.30. The predicted octanol–water partition coefficient (Wildman–Crippen LogP) is 3.37. The molecule has 2 heterocycles. The SMILES string of the molecule is COC(=O)C(c1ccc(Cl)cc1)N1CCN(Cc2nnnn2-c2ccc(C(F)(F)F)cc2)CC1. The minimum Gasteiger partial charge on any atom is -0.468 e. The maximum atomic E-state index is 12.8. The van der Waals surface area contributed by atoms with Gasteiger partial charge >= 0.3 is 12.1 Å². The molecule has 180 valence electrons. The molecular weight excluding hydrogens is 473 g/mol. The van der Waals surface area contributed by atoms with Gasteiger partial charge < -0.3 is 4.74 Å². The van der Waals surface area contributed by atoms with Crippen LogP contribution in [0.4, 0.5) is 13.2 Å². The molecule has 1 aliphatic heterocycles. The number of halogens is 4. The second kappa shape index (κ2) is 10.1. The zero-order valence-electron chi connectivity index (χ0n) is 18.2. The molecule has 3 aromatic rings. The Morgan fingerprint density at radius 1 is 1.06 bits per heavy atom. The van der Waals surface area contributed by atoms with Crippen LogP contribution in [0.5, 0.6) is 0 Å². The Labute approximate surface area is 198 Å². The number of rotatable bonds is 6. The second-order valence-corrected chi connectivity index (χ2v) is 8.28. The largest absolute Gasteiger partial charge is 0.468 e. The van der Waals surface area contributed by atoms with E-state index < -0.39 is 17.8 Å². The number of aromatic nitrogens is 4. The fourth-order valence-electron chi connectivity index (χ4n) is 3.93. The van der Waals surface area contributed by atoms with E-state index in [1.54, 1.807) is 12.1 Å². The van der Waals surface area contributed by atoms with Crippen molar-refractivity contribution in [2.24, 2.45) is 0 Å². The van der Waals surface area contributed by atoms with Crippen molar-refractivity contribution in [1.29, 1.82) is 0 Å². The zero-order valence-corrected chi connectivity index (χ0v) is 19.0. The molecule has 8 nitrogen and oxygen atoms in total. The van der Waals surface area contributed by atoms with Gasteiger partial charge in [-0.3, -0.25) is 9.80 Å². The average Bonchev–Trinajstić information content (AvgIpc) is 3.29. The van der Waals surface area contributed by atoms with E-state index in [2.05, 4.69) is 20.4 Å². The molecule has 0 N–H and O–H groups in total. The number of alkyl halides is 3. The lowest BCUT2D eigenvalue weighted by Gasteiger charge is -2.38. The summed E-state index contributed by atoms with van der Waals surface area (Å²) in [7, 11) is 1.36. The van der Waals surface area contributed by atoms with Crippen LogP contribution >= 0.6 is 11.6 Å². The first-order valence-electron chi connectivity index (χ1n) is 10.5. The first kappa shape index (κ1) is 24.1. The van der Waals surface area contributed by atoms with Gasteiger partial charge in [0, 0.05) is 31.2 Å². The van der Waals surface area contributed by atoms with Crippen LogP contribution < -0.4 is 0 Å². The second-order valence-electron chi connectivity index (χ2n) is 7.84. The van der Waals surface area contributed by atoms with Crippen molar-refractivity contribution in [3.05, 3.63) is 70.5 Å². The first-order chi connectivity index (χ1) is 16.3. The fourth-order valence-corrected chi connectivity index (χ4v) is 4.05. The third-order valence-corrected chi connectivity index (χ3v) is 5.97. The summed E-state index contributed by atoms with van der Waals surface area (Å²) in [5.41, 5.74) is 0.513. The van der Waals surface area contributed by atoms with Crippen LogP contribution in [0.25, 0.3) is 5.69 Å². The summed E-state index contributed by atoms with van der Waals surface area (Å²) in [6.45, 7) is 2.89. The number of nitrogens with zero attached hydrogens (tertiary/aromatic N) is 6. The predicted molar refractivity (Wildman–Crippen MR) is 117 cm³/mol. The molecule has 0 aliphatic carbocycles. The molecule has 0 spiro atoms. The third-order valence-electron chi connectivity index (χ3n) is 5.72. The Hall–Kier alpha value is -3.02. The van der Waals surface area contributed by atoms with E-state index in [0.717, 1.165) is 17.7 Å². The van der Waals surface area contributed by atoms with Gasteiger partial charge in [-0.05, 0) is 52.4 Å². The molecule has 1 saturated heterocycles. The van der Waals surface area contributed by atoms with Crippen LogP contribution in [0.2, 0.25) is 5.02 Å². The molecule has 1 aromatic heterocycles. The highest BCUT2D eigenvalue weighted by Crippen LogP contribution is 2.30. The molecular formula is C22H22ClF3N6O2. The van der Waals surface area contributed by atoms with Crippen LogP contribution in [0.15, 0.2) is 48.5 Å². The first-order valence-corrected chi connectivity index (χ1v) is 10.9. The van der Waals surface area contributed by atoms with Gasteiger partial charge in [0.1, 0.15) is 6.04 Å². The van der Waals surface area contributed by atoms with Crippen LogP contribution in [-0.4, -0.2) is 69.3 Å². The van der Waals surface area contributed by atoms with Gasteiger partial charge in [-0.15, -0.1) is 5.10 Å². The summed E-state index contributed by atoms with van der Waals surface area (Å²) in [6.07, 6.45) is -4.41. The molecule has 1 atom stereocenters. The van der Waals surface area contributed by atoms with Gasteiger partial charge in [0.2, 0.25) is 0 Å². The normalized spacial score (nSPS) is 16.4. The summed E-state index contributed by atoms with van der Waals surface area (Å²) in [5.74, 6) is 0.164. The fraction of sp³-hybridized carbons (Fsp3) is 0.364. The Morgan fingerprint density at radius 3 is 2.29 bits per heavy atom. The third kappa shape index (κ3) is 5.37. The molecule has 12 heteroatoms. The minimum atomic E-state index is -4.41. The van der Waals surface area contributed by atoms with Gasteiger partial charge in [-0.2, -0.15) is 17.9 Å². The maximum Gasteiger partial charge on any atom is 0.416 e. The summed E-state index contributed by atoms with van der Waals surface area (Å²) < 4.78 is 45.0. The quantitative estimate of drug-likeness (QED) is 0.486. The molecule has 1 fully saturated rings. The number of ether oxygens (including phenoxy) is 1. The molecule has 0 bridgehead atoms. The Kier molecular flexibility index (Phi) is 7.15. The van der Waals surface area contributed by atoms with E-state index in [4.69, 9.17) is 16.3 Å². The number of esters is 1. The molecule has 0 saturated carbocycles. The number of hydrogen-bond donors (Lipinski definition) is 0. The van der Waals surface area contributed by atoms with Gasteiger partial charge in [0.25, 0.3) is 0 Å². The van der Waals surface area contributed by atoms with Crippen LogP contribution in [0.1, 0.15) is 23.0 Å². The average molecular weight is 495 g/mol. The van der Waals surface area contributed by atoms with E-state index in [0.29, 0.717) is 49.3 Å². The van der Waals surface area contributed by atoms with E-state index in [9.17, 15) is 18.0 Å². The highest BCUT2D eigenvalue weighted by Gasteiger charge is 2.32. The van der Waals surface area contributed by atoms with Gasteiger partial charge in [0.05, 0.1) is 24.9 Å². The summed E-state index contributed by atoms with van der Waals surface area (Å²) in [4.78, 5) is 16.7. The molecule has 0 amide bonds. The highest BCUT2D eigenvalue weighted by atomic mass is 35.5. The Morgan fingerprint density at radius 2 is 1.71 bits per heavy atom. The Bertz CT molecular complexity index is 1110. The monoisotopic (exact) mass is 494 g/mol. The lowest BCUT2D eigenvalue weighted by atomic mass is 10.0. The van der Waals surface area contributed by atoms with Crippen LogP contribution in [0.3, 0.4) is 0 Å². The van der Waals surface area contributed by atoms with E-state index >= 15 is 0 Å². The number of carbonyl (C=O) groups is 1. The Balaban J connectivity index is 1.42. The van der Waals surface area contributed by atoms with Crippen LogP contribution in [0, 0.1) is 0 Å². The number of benzene rings is 2. The lowest BCUT2D eigenvalue weighted by Crippen LogP contribution is -2.49. The van der Waals surface area contributed by atoms with Crippen molar-refractivity contribution in [3.8, 4) is 5.69 Å². The topological polar surface area (TPSA) is 76.4 Å². The number of tetrazole rings is 1. The number of carbonyl (C=O) groups excluding carboxylic acids is 1. The van der Waals surface area contributed by atoms with Gasteiger partial charge in [0.15, 0.2) is 5.82 Å². The lowest BCUT2D eigenvalue weighted by molar-refractivity contribution is -0.148. The summed E-state index contributed by atoms with van der Waals surface area (Å²) in [5, 5.41) is 12.3. The zero-order chi connectivity index (χ0) is 24.3. The number of piperazine rings is 1. The minimum absolute atomic E-state index is 0.345. The number of methoxy groups -OCH3 is 1. The van der Waals surface area contributed by atoms with Gasteiger partial charge in [-0.1, -0.05) is 23.7 Å². The van der Waals surface area contributed by atoms with E-state index in [1.165, 1.54) is 23.9 Å². The molecule has 2 aromatic carbocycles. The van der Waals surface area contributed by atoms with E-state index in [1.807, 2.05) is 17.0 Å². The molecule has 4 rings (SSSR count). The van der Waals surface area contributed by atoms with Crippen LogP contribution in [-0.2, 0) is 22.3 Å². The van der Waals surface area contributed by atoms with Crippen molar-refractivity contribution in [3.63, 3.8) is 0 Å². The van der Waals surface area contributed by atoms with Crippen molar-refractivity contribution < 1.29 is 22.7 Å². The standard InChI is InChI=1S/C22H22ClF3N6O2/c1-34-21(33)20(15-2-6-17(23)7-3-15)31-12-10-30(11-13-31)14-19-27-28-29-32(19)18-8-4-16(5-9-18)22(24,25)26/h2-9,20H,10-14H2,1H3. The van der Waals surface area contributed by atoms with Crippen molar-refractivity contribution in [2.75, 3.05) is 33.3 Å². The summed E-state index contributed by atoms with van der Waals surface area (Å²) >= 11 is 5.98. The molecule has 1 unspecified atom stereocenters. The summed E-state index contributed by atoms with van der Waals surface area (Å²) in [6, 6.07) is 11.3. The molecule has 0 radical (unpaired) electrons. The van der Waals surface area contributed by atoms with Gasteiger partial charge in [-0.25, -0.2) is 4.79 Å². The van der Waals surface area contributed by atoms with E-state index in [-0.39, 0.29) is 5.97 Å². The van der Waals surface area contributed by atoms with Crippen molar-refractivity contribution in [1.82, 2.24) is 30.0 Å². The van der Waals surface area contributed by atoms with Crippen molar-refractivity contribution in [2.45, 2.75) is 18.8 Å². The molecule has 1 aliphatic rings. The molecule has 34 heavy (non-hydrogen) atoms. The smallest absolute Gasteiger partial charge is 0.416 e. The number of hydrogen-bond acceptors (Lipinski definition) is 7. The maximum absolute atomic E-state index is 12.8.